The molecule has 2 aromatic rings. The lowest BCUT2D eigenvalue weighted by molar-refractivity contribution is -0.153. The van der Waals surface area contributed by atoms with Crippen molar-refractivity contribution in [2.24, 2.45) is 5.73 Å². The first kappa shape index (κ1) is 23.2. The molecule has 8 heteroatoms. The van der Waals surface area contributed by atoms with Gasteiger partial charge in [0.05, 0.1) is 12.5 Å². The number of halogens is 1. The molecular formula is C22H26ClN3O4. The third-order valence-electron chi connectivity index (χ3n) is 4.46. The highest BCUT2D eigenvalue weighted by Gasteiger charge is 2.22. The van der Waals surface area contributed by atoms with E-state index in [0.717, 1.165) is 5.56 Å². The molecule has 0 aliphatic rings. The van der Waals surface area contributed by atoms with Crippen molar-refractivity contribution in [1.82, 2.24) is 10.2 Å². The van der Waals surface area contributed by atoms with Crippen molar-refractivity contribution >= 4 is 29.5 Å². The van der Waals surface area contributed by atoms with Gasteiger partial charge >= 0.3 is 12.0 Å². The molecule has 0 saturated heterocycles. The molecule has 0 aromatic heterocycles. The van der Waals surface area contributed by atoms with Gasteiger partial charge in [-0.2, -0.15) is 0 Å². The molecule has 3 amide bonds. The molecule has 0 bridgehead atoms. The van der Waals surface area contributed by atoms with Crippen LogP contribution in [0.2, 0.25) is 5.02 Å². The molecule has 2 aromatic carbocycles. The standard InChI is InChI=1S/C22H26ClN3O4/c1-15(2)26(13-16-6-4-3-5-7-16)20(27)14-30-21(28)12-19(25-22(24)29)17-8-10-18(23)11-9-17/h3-11,15,19H,12-14H2,1-2H3,(H3,24,25,29)/t19-/m1/s1. The Bertz CT molecular complexity index is 856. The predicted octanol–water partition coefficient (Wildman–Crippen LogP) is 3.42. The Morgan fingerprint density at radius 3 is 2.27 bits per heavy atom. The summed E-state index contributed by atoms with van der Waals surface area (Å²) >= 11 is 5.88. The van der Waals surface area contributed by atoms with Gasteiger partial charge in [-0.15, -0.1) is 0 Å². The van der Waals surface area contributed by atoms with Crippen LogP contribution in [0.3, 0.4) is 0 Å². The summed E-state index contributed by atoms with van der Waals surface area (Å²) in [7, 11) is 0. The Kier molecular flexibility index (Phi) is 8.68. The minimum atomic E-state index is -0.771. The van der Waals surface area contributed by atoms with E-state index in [0.29, 0.717) is 17.1 Å². The molecule has 0 heterocycles. The molecule has 0 aliphatic heterocycles. The Labute approximate surface area is 181 Å². The third kappa shape index (κ3) is 7.40. The van der Waals surface area contributed by atoms with Crippen LogP contribution in [-0.2, 0) is 20.9 Å². The average Bonchev–Trinajstić information content (AvgIpc) is 2.70. The van der Waals surface area contributed by atoms with E-state index in [-0.39, 0.29) is 25.0 Å². The highest BCUT2D eigenvalue weighted by molar-refractivity contribution is 6.30. The van der Waals surface area contributed by atoms with Crippen molar-refractivity contribution in [2.75, 3.05) is 6.61 Å². The number of carbonyl (C=O) groups excluding carboxylic acids is 3. The van der Waals surface area contributed by atoms with Crippen LogP contribution in [0.4, 0.5) is 4.79 Å². The Morgan fingerprint density at radius 1 is 1.07 bits per heavy atom. The van der Waals surface area contributed by atoms with E-state index in [2.05, 4.69) is 5.32 Å². The minimum absolute atomic E-state index is 0.0604. The van der Waals surface area contributed by atoms with Gasteiger partial charge in [-0.25, -0.2) is 4.79 Å². The number of primary amides is 1. The number of amides is 3. The van der Waals surface area contributed by atoms with Crippen molar-refractivity contribution in [3.05, 3.63) is 70.7 Å². The maximum atomic E-state index is 12.6. The van der Waals surface area contributed by atoms with E-state index in [1.54, 1.807) is 29.2 Å². The smallest absolute Gasteiger partial charge is 0.312 e. The average molecular weight is 432 g/mol. The molecule has 0 aliphatic carbocycles. The van der Waals surface area contributed by atoms with Gasteiger partial charge in [0, 0.05) is 17.6 Å². The SMILES string of the molecule is CC(C)N(Cc1ccccc1)C(=O)COC(=O)C[C@@H](NC(N)=O)c1ccc(Cl)cc1. The number of ether oxygens (including phenoxy) is 1. The summed E-state index contributed by atoms with van der Waals surface area (Å²) in [5.74, 6) is -0.923. The van der Waals surface area contributed by atoms with Gasteiger partial charge in [-0.05, 0) is 37.1 Å². The molecule has 0 fully saturated rings. The second-order valence-corrected chi connectivity index (χ2v) is 7.51. The van der Waals surface area contributed by atoms with Crippen LogP contribution in [-0.4, -0.2) is 35.5 Å². The lowest BCUT2D eigenvalue weighted by atomic mass is 10.0. The van der Waals surface area contributed by atoms with E-state index < -0.39 is 18.0 Å². The molecular weight excluding hydrogens is 406 g/mol. The Morgan fingerprint density at radius 2 is 1.70 bits per heavy atom. The van der Waals surface area contributed by atoms with Crippen LogP contribution in [0.5, 0.6) is 0 Å². The van der Waals surface area contributed by atoms with Gasteiger partial charge in [-0.1, -0.05) is 54.1 Å². The topological polar surface area (TPSA) is 102 Å². The van der Waals surface area contributed by atoms with Gasteiger partial charge in [0.15, 0.2) is 6.61 Å². The zero-order chi connectivity index (χ0) is 22.1. The van der Waals surface area contributed by atoms with Crippen LogP contribution >= 0.6 is 11.6 Å². The number of hydrogen-bond donors (Lipinski definition) is 2. The van der Waals surface area contributed by atoms with Gasteiger partial charge in [-0.3, -0.25) is 9.59 Å². The van der Waals surface area contributed by atoms with Crippen molar-refractivity contribution < 1.29 is 19.1 Å². The van der Waals surface area contributed by atoms with Gasteiger partial charge < -0.3 is 20.7 Å². The number of esters is 1. The van der Waals surface area contributed by atoms with Gasteiger partial charge in [0.1, 0.15) is 0 Å². The number of urea groups is 1. The van der Waals surface area contributed by atoms with Crippen molar-refractivity contribution in [3.63, 3.8) is 0 Å². The predicted molar refractivity (Wildman–Crippen MR) is 115 cm³/mol. The summed E-state index contributed by atoms with van der Waals surface area (Å²) in [5.41, 5.74) is 6.85. The fourth-order valence-corrected chi connectivity index (χ4v) is 3.03. The largest absolute Gasteiger partial charge is 0.455 e. The summed E-state index contributed by atoms with van der Waals surface area (Å²) in [5, 5.41) is 3.03. The number of nitrogens with two attached hydrogens (primary N) is 1. The van der Waals surface area contributed by atoms with Gasteiger partial charge in [0.2, 0.25) is 0 Å². The highest BCUT2D eigenvalue weighted by Crippen LogP contribution is 2.20. The summed E-state index contributed by atoms with van der Waals surface area (Å²) < 4.78 is 5.18. The maximum absolute atomic E-state index is 12.6. The van der Waals surface area contributed by atoms with Crippen molar-refractivity contribution in [2.45, 2.75) is 38.9 Å². The molecule has 0 saturated carbocycles. The van der Waals surface area contributed by atoms with E-state index in [4.69, 9.17) is 22.1 Å². The van der Waals surface area contributed by atoms with Gasteiger partial charge in [0.25, 0.3) is 5.91 Å². The van der Waals surface area contributed by atoms with Crippen LogP contribution < -0.4 is 11.1 Å². The minimum Gasteiger partial charge on any atom is -0.455 e. The van der Waals surface area contributed by atoms with Crippen LogP contribution in [0.25, 0.3) is 0 Å². The third-order valence-corrected chi connectivity index (χ3v) is 4.71. The number of rotatable bonds is 9. The molecule has 7 nitrogen and oxygen atoms in total. The quantitative estimate of drug-likeness (QED) is 0.594. The Hall–Kier alpha value is -3.06. The number of benzene rings is 2. The second kappa shape index (κ2) is 11.2. The fourth-order valence-electron chi connectivity index (χ4n) is 2.91. The van der Waals surface area contributed by atoms with Crippen LogP contribution in [0, 0.1) is 0 Å². The summed E-state index contributed by atoms with van der Waals surface area (Å²) in [6.07, 6.45) is -0.168. The first-order valence-electron chi connectivity index (χ1n) is 9.56. The van der Waals surface area contributed by atoms with Crippen LogP contribution in [0.15, 0.2) is 54.6 Å². The molecule has 0 unspecified atom stereocenters. The van der Waals surface area contributed by atoms with Crippen molar-refractivity contribution in [3.8, 4) is 0 Å². The number of nitrogens with zero attached hydrogens (tertiary/aromatic N) is 1. The molecule has 160 valence electrons. The first-order chi connectivity index (χ1) is 14.3. The first-order valence-corrected chi connectivity index (χ1v) is 9.94. The van der Waals surface area contributed by atoms with E-state index in [1.165, 1.54) is 0 Å². The second-order valence-electron chi connectivity index (χ2n) is 7.08. The number of hydrogen-bond acceptors (Lipinski definition) is 4. The Balaban J connectivity index is 1.96. The zero-order valence-corrected chi connectivity index (χ0v) is 17.8. The monoisotopic (exact) mass is 431 g/mol. The fraction of sp³-hybridized carbons (Fsp3) is 0.318. The molecule has 3 N–H and O–H groups in total. The highest BCUT2D eigenvalue weighted by atomic mass is 35.5. The lowest BCUT2D eigenvalue weighted by Crippen LogP contribution is -2.39. The molecule has 0 radical (unpaired) electrons. The van der Waals surface area contributed by atoms with Crippen molar-refractivity contribution in [1.29, 1.82) is 0 Å². The van der Waals surface area contributed by atoms with E-state index in [9.17, 15) is 14.4 Å². The lowest BCUT2D eigenvalue weighted by Gasteiger charge is -2.27. The number of carbonyl (C=O) groups is 3. The molecule has 2 rings (SSSR count). The van der Waals surface area contributed by atoms with E-state index >= 15 is 0 Å². The van der Waals surface area contributed by atoms with Crippen LogP contribution in [0.1, 0.15) is 37.4 Å². The maximum Gasteiger partial charge on any atom is 0.312 e. The summed E-state index contributed by atoms with van der Waals surface area (Å²) in [6.45, 7) is 3.84. The zero-order valence-electron chi connectivity index (χ0n) is 17.0. The molecule has 0 spiro atoms. The van der Waals surface area contributed by atoms with E-state index in [1.807, 2.05) is 44.2 Å². The molecule has 30 heavy (non-hydrogen) atoms. The normalized spacial score (nSPS) is 11.6. The summed E-state index contributed by atoms with van der Waals surface area (Å²) in [6, 6.07) is 14.7. The number of nitrogens with one attached hydrogen (secondary N) is 1. The summed E-state index contributed by atoms with van der Waals surface area (Å²) in [4.78, 5) is 37.9. The molecule has 1 atom stereocenters.